The van der Waals surface area contributed by atoms with E-state index in [4.69, 9.17) is 0 Å². The normalized spacial score (nSPS) is 15.4. The standard InChI is InChI=1S/C7H17NO2S/c1-6(2)8-7(3)5-11(4,9)10/h6-8H,5H2,1-4H3. The first kappa shape index (κ1) is 10.9. The molecule has 0 heterocycles. The van der Waals surface area contributed by atoms with E-state index in [2.05, 4.69) is 5.32 Å². The molecule has 0 bridgehead atoms. The maximum atomic E-state index is 10.8. The maximum absolute atomic E-state index is 10.8. The molecule has 0 fully saturated rings. The zero-order valence-electron chi connectivity index (χ0n) is 7.59. The van der Waals surface area contributed by atoms with Crippen LogP contribution < -0.4 is 5.32 Å². The summed E-state index contributed by atoms with van der Waals surface area (Å²) in [7, 11) is -2.83. The lowest BCUT2D eigenvalue weighted by molar-refractivity contribution is 0.511. The minimum atomic E-state index is -2.83. The largest absolute Gasteiger partial charge is 0.311 e. The zero-order chi connectivity index (χ0) is 9.07. The van der Waals surface area contributed by atoms with Crippen LogP contribution in [-0.4, -0.2) is 32.5 Å². The Kier molecular flexibility index (Phi) is 4.03. The van der Waals surface area contributed by atoms with Crippen LogP contribution in [0.4, 0.5) is 0 Å². The Morgan fingerprint density at radius 2 is 1.73 bits per heavy atom. The Hall–Kier alpha value is -0.0900. The van der Waals surface area contributed by atoms with Gasteiger partial charge in [0.25, 0.3) is 0 Å². The predicted octanol–water partition coefficient (Wildman–Crippen LogP) is 0.417. The molecule has 0 saturated heterocycles. The van der Waals surface area contributed by atoms with Crippen LogP contribution in [0.5, 0.6) is 0 Å². The predicted molar refractivity (Wildman–Crippen MR) is 47.4 cm³/mol. The van der Waals surface area contributed by atoms with Crippen molar-refractivity contribution < 1.29 is 8.42 Å². The molecule has 0 radical (unpaired) electrons. The molecule has 0 aliphatic carbocycles. The smallest absolute Gasteiger partial charge is 0.148 e. The molecule has 0 aliphatic heterocycles. The van der Waals surface area contributed by atoms with Gasteiger partial charge in [-0.2, -0.15) is 0 Å². The SMILES string of the molecule is CC(C)NC(C)CS(C)(=O)=O. The van der Waals surface area contributed by atoms with Crippen LogP contribution in [0.2, 0.25) is 0 Å². The van der Waals surface area contributed by atoms with E-state index in [1.807, 2.05) is 20.8 Å². The highest BCUT2D eigenvalue weighted by atomic mass is 32.2. The van der Waals surface area contributed by atoms with Crippen molar-refractivity contribution in [2.24, 2.45) is 0 Å². The van der Waals surface area contributed by atoms with E-state index in [9.17, 15) is 8.42 Å². The van der Waals surface area contributed by atoms with Gasteiger partial charge in [-0.25, -0.2) is 8.42 Å². The van der Waals surface area contributed by atoms with E-state index in [0.717, 1.165) is 0 Å². The van der Waals surface area contributed by atoms with E-state index in [0.29, 0.717) is 6.04 Å². The molecule has 0 aromatic rings. The highest BCUT2D eigenvalue weighted by Gasteiger charge is 2.10. The second-order valence-corrected chi connectivity index (χ2v) is 5.50. The molecule has 1 unspecified atom stereocenters. The molecule has 0 aromatic heterocycles. The molecular weight excluding hydrogens is 162 g/mol. The molecule has 0 saturated carbocycles. The van der Waals surface area contributed by atoms with Crippen LogP contribution in [0.3, 0.4) is 0 Å². The summed E-state index contributed by atoms with van der Waals surface area (Å²) in [5.41, 5.74) is 0. The van der Waals surface area contributed by atoms with Gasteiger partial charge in [-0.15, -0.1) is 0 Å². The van der Waals surface area contributed by atoms with Gasteiger partial charge in [0.05, 0.1) is 5.75 Å². The summed E-state index contributed by atoms with van der Waals surface area (Å²) < 4.78 is 21.6. The second kappa shape index (κ2) is 4.07. The van der Waals surface area contributed by atoms with Gasteiger partial charge in [-0.3, -0.25) is 0 Å². The van der Waals surface area contributed by atoms with Crippen LogP contribution >= 0.6 is 0 Å². The molecule has 1 atom stereocenters. The third-order valence-corrected chi connectivity index (χ3v) is 2.28. The summed E-state index contributed by atoms with van der Waals surface area (Å²) in [4.78, 5) is 0. The third-order valence-electron chi connectivity index (χ3n) is 1.17. The van der Waals surface area contributed by atoms with Gasteiger partial charge in [0, 0.05) is 18.3 Å². The first-order valence-electron chi connectivity index (χ1n) is 3.75. The van der Waals surface area contributed by atoms with Gasteiger partial charge >= 0.3 is 0 Å². The Morgan fingerprint density at radius 3 is 2.00 bits per heavy atom. The maximum Gasteiger partial charge on any atom is 0.148 e. The van der Waals surface area contributed by atoms with Gasteiger partial charge in [0.15, 0.2) is 0 Å². The first-order valence-corrected chi connectivity index (χ1v) is 5.81. The van der Waals surface area contributed by atoms with Crippen molar-refractivity contribution in [3.8, 4) is 0 Å². The lowest BCUT2D eigenvalue weighted by Crippen LogP contribution is -2.37. The fourth-order valence-corrected chi connectivity index (χ4v) is 2.08. The molecule has 1 N–H and O–H groups in total. The van der Waals surface area contributed by atoms with Gasteiger partial charge in [-0.1, -0.05) is 13.8 Å². The second-order valence-electron chi connectivity index (χ2n) is 3.31. The Morgan fingerprint density at radius 1 is 1.27 bits per heavy atom. The highest BCUT2D eigenvalue weighted by Crippen LogP contribution is 1.91. The summed E-state index contributed by atoms with van der Waals surface area (Å²) in [6, 6.07) is 0.386. The number of hydrogen-bond donors (Lipinski definition) is 1. The summed E-state index contributed by atoms with van der Waals surface area (Å²) in [5.74, 6) is 0.213. The number of sulfone groups is 1. The van der Waals surface area contributed by atoms with Crippen LogP contribution in [0.25, 0.3) is 0 Å². The Labute approximate surface area is 69.1 Å². The van der Waals surface area contributed by atoms with Crippen molar-refractivity contribution in [2.45, 2.75) is 32.9 Å². The fourth-order valence-electron chi connectivity index (χ4n) is 1.07. The molecule has 4 heteroatoms. The van der Waals surface area contributed by atoms with E-state index >= 15 is 0 Å². The molecule has 11 heavy (non-hydrogen) atoms. The topological polar surface area (TPSA) is 46.2 Å². The number of nitrogens with one attached hydrogen (secondary N) is 1. The lowest BCUT2D eigenvalue weighted by Gasteiger charge is -2.15. The molecular formula is C7H17NO2S. The van der Waals surface area contributed by atoms with Crippen molar-refractivity contribution in [2.75, 3.05) is 12.0 Å². The van der Waals surface area contributed by atoms with Crippen molar-refractivity contribution in [1.82, 2.24) is 5.32 Å². The molecule has 0 spiro atoms. The van der Waals surface area contributed by atoms with E-state index in [1.165, 1.54) is 6.26 Å². The Bertz CT molecular complexity index is 196. The molecule has 0 aromatic carbocycles. The van der Waals surface area contributed by atoms with Gasteiger partial charge < -0.3 is 5.32 Å². The highest BCUT2D eigenvalue weighted by molar-refractivity contribution is 7.90. The summed E-state index contributed by atoms with van der Waals surface area (Å²) in [6.07, 6.45) is 1.26. The Balaban J connectivity index is 3.80. The zero-order valence-corrected chi connectivity index (χ0v) is 8.40. The summed E-state index contributed by atoms with van der Waals surface area (Å²) >= 11 is 0. The fraction of sp³-hybridized carbons (Fsp3) is 1.00. The average molecular weight is 179 g/mol. The van der Waals surface area contributed by atoms with Gasteiger partial charge in [0.1, 0.15) is 9.84 Å². The van der Waals surface area contributed by atoms with E-state index in [-0.39, 0.29) is 11.8 Å². The average Bonchev–Trinajstić information content (AvgIpc) is 1.53. The molecule has 0 amide bonds. The van der Waals surface area contributed by atoms with Crippen molar-refractivity contribution in [1.29, 1.82) is 0 Å². The molecule has 0 aliphatic rings. The van der Waals surface area contributed by atoms with Crippen LogP contribution in [0.15, 0.2) is 0 Å². The summed E-state index contributed by atoms with van der Waals surface area (Å²) in [5, 5.41) is 3.12. The van der Waals surface area contributed by atoms with E-state index < -0.39 is 9.84 Å². The molecule has 3 nitrogen and oxygen atoms in total. The van der Waals surface area contributed by atoms with Crippen LogP contribution in [-0.2, 0) is 9.84 Å². The minimum Gasteiger partial charge on any atom is -0.311 e. The lowest BCUT2D eigenvalue weighted by atomic mass is 10.3. The number of hydrogen-bond acceptors (Lipinski definition) is 3. The summed E-state index contributed by atoms with van der Waals surface area (Å²) in [6.45, 7) is 5.87. The van der Waals surface area contributed by atoms with Gasteiger partial charge in [-0.05, 0) is 6.92 Å². The van der Waals surface area contributed by atoms with Crippen LogP contribution in [0.1, 0.15) is 20.8 Å². The molecule has 0 rings (SSSR count). The first-order chi connectivity index (χ1) is 4.81. The molecule has 68 valence electrons. The number of rotatable bonds is 4. The van der Waals surface area contributed by atoms with Crippen molar-refractivity contribution in [3.63, 3.8) is 0 Å². The minimum absolute atomic E-state index is 0.0463. The monoisotopic (exact) mass is 179 g/mol. The van der Waals surface area contributed by atoms with Crippen molar-refractivity contribution >= 4 is 9.84 Å². The van der Waals surface area contributed by atoms with Crippen molar-refractivity contribution in [3.05, 3.63) is 0 Å². The van der Waals surface area contributed by atoms with Crippen LogP contribution in [0, 0.1) is 0 Å². The van der Waals surface area contributed by atoms with E-state index in [1.54, 1.807) is 0 Å². The quantitative estimate of drug-likeness (QED) is 0.680. The van der Waals surface area contributed by atoms with Gasteiger partial charge in [0.2, 0.25) is 0 Å². The third kappa shape index (κ3) is 7.81.